The molecule has 1 aliphatic heterocycles. The number of rotatable bonds is 3. The second kappa shape index (κ2) is 8.63. The number of halogens is 2. The molecule has 0 bridgehead atoms. The van der Waals surface area contributed by atoms with Gasteiger partial charge in [0.25, 0.3) is 0 Å². The van der Waals surface area contributed by atoms with Crippen LogP contribution >= 0.6 is 24.8 Å². The molecule has 0 saturated carbocycles. The molecule has 4 heteroatoms. The normalized spacial score (nSPS) is 14.7. The molecule has 1 aromatic carbocycles. The number of aryl methyl sites for hydroxylation is 1. The smallest absolute Gasteiger partial charge is 0.0402 e. The van der Waals surface area contributed by atoms with Crippen LogP contribution in [0.4, 0.5) is 5.69 Å². The summed E-state index contributed by atoms with van der Waals surface area (Å²) in [5.74, 6) is 0. The number of nitrogens with one attached hydrogen (secondary N) is 1. The molecule has 1 saturated heterocycles. The second-order valence-electron chi connectivity index (χ2n) is 4.36. The Hall–Kier alpha value is -0.440. The predicted molar refractivity (Wildman–Crippen MR) is 84.8 cm³/mol. The summed E-state index contributed by atoms with van der Waals surface area (Å²) in [4.78, 5) is 2.52. The number of piperazine rings is 1. The van der Waals surface area contributed by atoms with E-state index >= 15 is 0 Å². The average Bonchev–Trinajstić information content (AvgIpc) is 2.38. The summed E-state index contributed by atoms with van der Waals surface area (Å²) < 4.78 is 0. The lowest BCUT2D eigenvalue weighted by Crippen LogP contribution is -2.44. The molecule has 2 rings (SSSR count). The van der Waals surface area contributed by atoms with Gasteiger partial charge in [-0.3, -0.25) is 0 Å². The van der Waals surface area contributed by atoms with Crippen LogP contribution in [0.25, 0.3) is 0 Å². The van der Waals surface area contributed by atoms with Gasteiger partial charge in [0, 0.05) is 31.9 Å². The van der Waals surface area contributed by atoms with E-state index in [1.807, 2.05) is 0 Å². The Bertz CT molecular complexity index is 350. The lowest BCUT2D eigenvalue weighted by Gasteiger charge is -2.31. The van der Waals surface area contributed by atoms with Gasteiger partial charge in [-0.15, -0.1) is 24.8 Å². The maximum absolute atomic E-state index is 3.41. The molecule has 0 atom stereocenters. The van der Waals surface area contributed by atoms with Crippen LogP contribution in [0.1, 0.15) is 25.0 Å². The monoisotopic (exact) mass is 290 g/mol. The highest BCUT2D eigenvalue weighted by Gasteiger charge is 2.14. The number of hydrogen-bond donors (Lipinski definition) is 1. The molecule has 0 aromatic heterocycles. The van der Waals surface area contributed by atoms with E-state index < -0.39 is 0 Å². The zero-order valence-corrected chi connectivity index (χ0v) is 12.9. The van der Waals surface area contributed by atoms with E-state index in [1.54, 1.807) is 5.56 Å². The third-order valence-electron chi connectivity index (χ3n) is 3.44. The van der Waals surface area contributed by atoms with Crippen LogP contribution in [0.3, 0.4) is 0 Å². The third-order valence-corrected chi connectivity index (χ3v) is 3.44. The molecule has 0 amide bonds. The Morgan fingerprint density at radius 3 is 2.28 bits per heavy atom. The first-order valence-corrected chi connectivity index (χ1v) is 6.43. The summed E-state index contributed by atoms with van der Waals surface area (Å²) in [7, 11) is 0. The summed E-state index contributed by atoms with van der Waals surface area (Å²) in [6, 6.07) is 6.75. The SMILES string of the molecule is CCc1cccc(N2CCNCC2)c1CC.Cl.Cl. The van der Waals surface area contributed by atoms with Crippen molar-refractivity contribution < 1.29 is 0 Å². The van der Waals surface area contributed by atoms with E-state index in [1.165, 1.54) is 11.3 Å². The molecule has 1 N–H and O–H groups in total. The Labute approximate surface area is 123 Å². The van der Waals surface area contributed by atoms with Gasteiger partial charge in [-0.05, 0) is 30.0 Å². The molecule has 1 fully saturated rings. The molecule has 1 aliphatic rings. The van der Waals surface area contributed by atoms with E-state index in [0.29, 0.717) is 0 Å². The summed E-state index contributed by atoms with van der Waals surface area (Å²) in [6.45, 7) is 9.01. The van der Waals surface area contributed by atoms with Crippen LogP contribution in [0, 0.1) is 0 Å². The first-order valence-electron chi connectivity index (χ1n) is 6.43. The highest BCUT2D eigenvalue weighted by Crippen LogP contribution is 2.25. The van der Waals surface area contributed by atoms with Crippen LogP contribution in [0.15, 0.2) is 18.2 Å². The molecule has 18 heavy (non-hydrogen) atoms. The number of anilines is 1. The maximum atomic E-state index is 3.41. The van der Waals surface area contributed by atoms with E-state index in [2.05, 4.69) is 42.3 Å². The Morgan fingerprint density at radius 1 is 1.06 bits per heavy atom. The minimum atomic E-state index is 0. The summed E-state index contributed by atoms with van der Waals surface area (Å²) in [6.07, 6.45) is 2.28. The van der Waals surface area contributed by atoms with Crippen molar-refractivity contribution in [1.29, 1.82) is 0 Å². The zero-order valence-electron chi connectivity index (χ0n) is 11.2. The highest BCUT2D eigenvalue weighted by molar-refractivity contribution is 5.85. The largest absolute Gasteiger partial charge is 0.369 e. The quantitative estimate of drug-likeness (QED) is 0.920. The average molecular weight is 291 g/mol. The fraction of sp³-hybridized carbons (Fsp3) is 0.571. The Balaban J connectivity index is 0.00000144. The van der Waals surface area contributed by atoms with Crippen molar-refractivity contribution in [3.8, 4) is 0 Å². The van der Waals surface area contributed by atoms with E-state index in [9.17, 15) is 0 Å². The number of benzene rings is 1. The van der Waals surface area contributed by atoms with Gasteiger partial charge in [-0.25, -0.2) is 0 Å². The Morgan fingerprint density at radius 2 is 1.72 bits per heavy atom. The minimum Gasteiger partial charge on any atom is -0.369 e. The van der Waals surface area contributed by atoms with Crippen molar-refractivity contribution in [1.82, 2.24) is 5.32 Å². The molecule has 0 spiro atoms. The van der Waals surface area contributed by atoms with Gasteiger partial charge in [0.15, 0.2) is 0 Å². The first kappa shape index (κ1) is 17.6. The van der Waals surface area contributed by atoms with Crippen molar-refractivity contribution in [2.45, 2.75) is 26.7 Å². The van der Waals surface area contributed by atoms with Crippen LogP contribution in [-0.4, -0.2) is 26.2 Å². The van der Waals surface area contributed by atoms with Gasteiger partial charge in [0.05, 0.1) is 0 Å². The van der Waals surface area contributed by atoms with Crippen molar-refractivity contribution in [2.24, 2.45) is 0 Å². The van der Waals surface area contributed by atoms with Crippen LogP contribution in [-0.2, 0) is 12.8 Å². The summed E-state index contributed by atoms with van der Waals surface area (Å²) >= 11 is 0. The third kappa shape index (κ3) is 3.78. The molecule has 0 aliphatic carbocycles. The van der Waals surface area contributed by atoms with Crippen LogP contribution in [0.5, 0.6) is 0 Å². The number of hydrogen-bond acceptors (Lipinski definition) is 2. The molecule has 104 valence electrons. The van der Waals surface area contributed by atoms with Crippen molar-refractivity contribution in [2.75, 3.05) is 31.1 Å². The summed E-state index contributed by atoms with van der Waals surface area (Å²) in [5, 5.41) is 3.41. The van der Waals surface area contributed by atoms with E-state index in [4.69, 9.17) is 0 Å². The van der Waals surface area contributed by atoms with Gasteiger partial charge in [-0.1, -0.05) is 26.0 Å². The molecular weight excluding hydrogens is 267 g/mol. The molecule has 2 nitrogen and oxygen atoms in total. The van der Waals surface area contributed by atoms with Crippen molar-refractivity contribution >= 4 is 30.5 Å². The van der Waals surface area contributed by atoms with E-state index in [-0.39, 0.29) is 24.8 Å². The van der Waals surface area contributed by atoms with Gasteiger partial charge < -0.3 is 10.2 Å². The van der Waals surface area contributed by atoms with E-state index in [0.717, 1.165) is 39.0 Å². The summed E-state index contributed by atoms with van der Waals surface area (Å²) in [5.41, 5.74) is 4.52. The van der Waals surface area contributed by atoms with Gasteiger partial charge in [-0.2, -0.15) is 0 Å². The van der Waals surface area contributed by atoms with Gasteiger partial charge >= 0.3 is 0 Å². The number of nitrogens with zero attached hydrogens (tertiary/aromatic N) is 1. The molecule has 1 aromatic rings. The Kier molecular flexibility index (Phi) is 8.41. The predicted octanol–water partition coefficient (Wildman–Crippen LogP) is 3.06. The topological polar surface area (TPSA) is 15.3 Å². The molecule has 0 unspecified atom stereocenters. The van der Waals surface area contributed by atoms with Gasteiger partial charge in [0.1, 0.15) is 0 Å². The first-order chi connectivity index (χ1) is 7.86. The minimum absolute atomic E-state index is 0. The fourth-order valence-corrected chi connectivity index (χ4v) is 2.56. The fourth-order valence-electron chi connectivity index (χ4n) is 2.56. The zero-order chi connectivity index (χ0) is 11.4. The highest BCUT2D eigenvalue weighted by atomic mass is 35.5. The van der Waals surface area contributed by atoms with Crippen LogP contribution in [0.2, 0.25) is 0 Å². The van der Waals surface area contributed by atoms with Crippen LogP contribution < -0.4 is 10.2 Å². The molecular formula is C14H24Cl2N2. The molecule has 1 heterocycles. The second-order valence-corrected chi connectivity index (χ2v) is 4.36. The lowest BCUT2D eigenvalue weighted by atomic mass is 10.00. The maximum Gasteiger partial charge on any atom is 0.0402 e. The lowest BCUT2D eigenvalue weighted by molar-refractivity contribution is 0.587. The van der Waals surface area contributed by atoms with Crippen molar-refractivity contribution in [3.63, 3.8) is 0 Å². The standard InChI is InChI=1S/C14H22N2.2ClH/c1-3-12-6-5-7-14(13(12)4-2)16-10-8-15-9-11-16;;/h5-7,15H,3-4,8-11H2,1-2H3;2*1H. The van der Waals surface area contributed by atoms with Crippen molar-refractivity contribution in [3.05, 3.63) is 29.3 Å². The molecule has 0 radical (unpaired) electrons. The van der Waals surface area contributed by atoms with Gasteiger partial charge in [0.2, 0.25) is 0 Å².